The highest BCUT2D eigenvalue weighted by Gasteiger charge is 2.27. The molecule has 0 aliphatic carbocycles. The van der Waals surface area contributed by atoms with E-state index in [-0.39, 0.29) is 18.9 Å². The molecule has 0 saturated carbocycles. The monoisotopic (exact) mass is 371 g/mol. The number of ether oxygens (including phenoxy) is 1. The average Bonchev–Trinajstić information content (AvgIpc) is 2.43. The Kier molecular flexibility index (Phi) is 7.17. The highest BCUT2D eigenvalue weighted by molar-refractivity contribution is 6.42. The van der Waals surface area contributed by atoms with Crippen molar-refractivity contribution in [2.45, 2.75) is 31.9 Å². The summed E-state index contributed by atoms with van der Waals surface area (Å²) in [7, 11) is 0. The molecule has 0 fully saturated rings. The topological polar surface area (TPSA) is 38.3 Å². The summed E-state index contributed by atoms with van der Waals surface area (Å²) in [6.45, 7) is 2.50. The first-order valence-corrected chi connectivity index (χ1v) is 7.63. The maximum absolute atomic E-state index is 11.9. The van der Waals surface area contributed by atoms with Gasteiger partial charge in [0, 0.05) is 18.4 Å². The zero-order valence-electron chi connectivity index (χ0n) is 12.8. The lowest BCUT2D eigenvalue weighted by Gasteiger charge is -2.26. The first-order chi connectivity index (χ1) is 10.5. The van der Waals surface area contributed by atoms with Gasteiger partial charge in [0.1, 0.15) is 6.61 Å². The summed E-state index contributed by atoms with van der Waals surface area (Å²) in [6.07, 6.45) is -4.51. The van der Waals surface area contributed by atoms with E-state index >= 15 is 0 Å². The zero-order chi connectivity index (χ0) is 17.7. The normalized spacial score (nSPS) is 12.3. The van der Waals surface area contributed by atoms with E-state index in [9.17, 15) is 18.0 Å². The van der Waals surface area contributed by atoms with Crippen LogP contribution in [0.1, 0.15) is 25.8 Å². The summed E-state index contributed by atoms with van der Waals surface area (Å²) in [5.41, 5.74) is 0.483. The first kappa shape index (κ1) is 20.1. The van der Waals surface area contributed by atoms with E-state index in [4.69, 9.17) is 23.2 Å². The molecule has 1 N–H and O–H groups in total. The van der Waals surface area contributed by atoms with Gasteiger partial charge in [-0.2, -0.15) is 13.2 Å². The second kappa shape index (κ2) is 8.22. The molecule has 0 aromatic heterocycles. The third-order valence-corrected chi connectivity index (χ3v) is 3.91. The quantitative estimate of drug-likeness (QED) is 0.723. The van der Waals surface area contributed by atoms with Crippen LogP contribution in [0.2, 0.25) is 10.0 Å². The number of carbonyl (C=O) groups excluding carboxylic acids is 1. The van der Waals surface area contributed by atoms with Crippen LogP contribution in [0.25, 0.3) is 0 Å². The van der Waals surface area contributed by atoms with Gasteiger partial charge in [-0.3, -0.25) is 4.79 Å². The van der Waals surface area contributed by atoms with Crippen molar-refractivity contribution in [1.29, 1.82) is 0 Å². The fourth-order valence-corrected chi connectivity index (χ4v) is 2.08. The molecule has 0 radical (unpaired) electrons. The Labute approximate surface area is 143 Å². The molecule has 0 heterocycles. The lowest BCUT2D eigenvalue weighted by molar-refractivity contribution is -0.174. The first-order valence-electron chi connectivity index (χ1n) is 6.88. The van der Waals surface area contributed by atoms with Gasteiger partial charge in [0.2, 0.25) is 5.91 Å². The van der Waals surface area contributed by atoms with Gasteiger partial charge in [0.15, 0.2) is 0 Å². The Morgan fingerprint density at radius 3 is 2.43 bits per heavy atom. The van der Waals surface area contributed by atoms with Crippen LogP contribution in [0, 0.1) is 0 Å². The van der Waals surface area contributed by atoms with Gasteiger partial charge in [0.25, 0.3) is 0 Å². The fraction of sp³-hybridized carbons (Fsp3) is 0.533. The molecule has 0 atom stereocenters. The molecular formula is C15H18Cl2F3NO2. The molecule has 0 saturated heterocycles. The molecule has 0 spiro atoms. The SMILES string of the molecule is CC(C)(CNC(=O)CCOCC(F)(F)F)c1ccc(Cl)c(Cl)c1. The minimum absolute atomic E-state index is 0.131. The van der Waals surface area contributed by atoms with Gasteiger partial charge in [0.05, 0.1) is 16.7 Å². The molecular weight excluding hydrogens is 354 g/mol. The number of halogens is 5. The number of hydrogen-bond acceptors (Lipinski definition) is 2. The molecule has 1 aromatic carbocycles. The molecule has 1 aromatic rings. The summed E-state index contributed by atoms with van der Waals surface area (Å²) in [5.74, 6) is -0.375. The van der Waals surface area contributed by atoms with Crippen LogP contribution in [-0.4, -0.2) is 31.8 Å². The van der Waals surface area contributed by atoms with Gasteiger partial charge < -0.3 is 10.1 Å². The maximum atomic E-state index is 11.9. The van der Waals surface area contributed by atoms with Crippen LogP contribution >= 0.6 is 23.2 Å². The molecule has 3 nitrogen and oxygen atoms in total. The minimum atomic E-state index is -4.38. The summed E-state index contributed by atoms with van der Waals surface area (Å²) >= 11 is 11.8. The number of rotatable bonds is 7. The second-order valence-corrected chi connectivity index (χ2v) is 6.52. The Morgan fingerprint density at radius 2 is 1.87 bits per heavy atom. The third kappa shape index (κ3) is 7.42. The third-order valence-electron chi connectivity index (χ3n) is 3.17. The molecule has 1 rings (SSSR count). The molecule has 0 aliphatic rings. The van der Waals surface area contributed by atoms with Crippen molar-refractivity contribution >= 4 is 29.1 Å². The van der Waals surface area contributed by atoms with E-state index in [0.717, 1.165) is 5.56 Å². The van der Waals surface area contributed by atoms with Crippen LogP contribution < -0.4 is 5.32 Å². The van der Waals surface area contributed by atoms with Crippen molar-refractivity contribution in [2.24, 2.45) is 0 Å². The number of alkyl halides is 3. The highest BCUT2D eigenvalue weighted by Crippen LogP contribution is 2.29. The van der Waals surface area contributed by atoms with Crippen molar-refractivity contribution in [1.82, 2.24) is 5.32 Å². The van der Waals surface area contributed by atoms with E-state index in [1.54, 1.807) is 12.1 Å². The highest BCUT2D eigenvalue weighted by atomic mass is 35.5. The fourth-order valence-electron chi connectivity index (χ4n) is 1.78. The Bertz CT molecular complexity index is 548. The van der Waals surface area contributed by atoms with E-state index in [1.165, 1.54) is 0 Å². The zero-order valence-corrected chi connectivity index (χ0v) is 14.3. The van der Waals surface area contributed by atoms with Crippen molar-refractivity contribution in [3.05, 3.63) is 33.8 Å². The molecule has 1 amide bonds. The van der Waals surface area contributed by atoms with Gasteiger partial charge >= 0.3 is 6.18 Å². The maximum Gasteiger partial charge on any atom is 0.411 e. The van der Waals surface area contributed by atoms with Crippen molar-refractivity contribution < 1.29 is 22.7 Å². The van der Waals surface area contributed by atoms with Crippen LogP contribution in [0.4, 0.5) is 13.2 Å². The molecule has 0 unspecified atom stereocenters. The van der Waals surface area contributed by atoms with Gasteiger partial charge in [-0.1, -0.05) is 43.1 Å². The number of nitrogens with one attached hydrogen (secondary N) is 1. The summed E-state index contributed by atoms with van der Waals surface area (Å²) < 4.78 is 40.1. The predicted octanol–water partition coefficient (Wildman–Crippen LogP) is 4.36. The van der Waals surface area contributed by atoms with Crippen LogP contribution in [0.15, 0.2) is 18.2 Å². The average molecular weight is 372 g/mol. The van der Waals surface area contributed by atoms with Crippen molar-refractivity contribution in [3.63, 3.8) is 0 Å². The molecule has 0 aliphatic heterocycles. The van der Waals surface area contributed by atoms with Crippen LogP contribution in [0.5, 0.6) is 0 Å². The number of carbonyl (C=O) groups is 1. The Balaban J connectivity index is 2.43. The summed E-state index contributed by atoms with van der Waals surface area (Å²) in [4.78, 5) is 11.6. The van der Waals surface area contributed by atoms with Crippen LogP contribution in [0.3, 0.4) is 0 Å². The van der Waals surface area contributed by atoms with E-state index in [1.807, 2.05) is 19.9 Å². The van der Waals surface area contributed by atoms with E-state index < -0.39 is 18.2 Å². The van der Waals surface area contributed by atoms with Crippen LogP contribution in [-0.2, 0) is 14.9 Å². The smallest absolute Gasteiger partial charge is 0.372 e. The largest absolute Gasteiger partial charge is 0.411 e. The molecule has 0 bridgehead atoms. The van der Waals surface area contributed by atoms with Crippen molar-refractivity contribution in [3.8, 4) is 0 Å². The minimum Gasteiger partial charge on any atom is -0.372 e. The number of hydrogen-bond donors (Lipinski definition) is 1. The van der Waals surface area contributed by atoms with Gasteiger partial charge in [-0.15, -0.1) is 0 Å². The van der Waals surface area contributed by atoms with E-state index in [0.29, 0.717) is 16.6 Å². The number of amides is 1. The predicted molar refractivity (Wildman–Crippen MR) is 84.0 cm³/mol. The lowest BCUT2D eigenvalue weighted by atomic mass is 9.84. The Hall–Kier alpha value is -0.980. The molecule has 8 heteroatoms. The second-order valence-electron chi connectivity index (χ2n) is 5.71. The number of benzene rings is 1. The van der Waals surface area contributed by atoms with Crippen molar-refractivity contribution in [2.75, 3.05) is 19.8 Å². The summed E-state index contributed by atoms with van der Waals surface area (Å²) in [6, 6.07) is 5.21. The summed E-state index contributed by atoms with van der Waals surface area (Å²) in [5, 5.41) is 3.54. The standard InChI is InChI=1S/C15H18Cl2F3NO2/c1-14(2,10-3-4-11(16)12(17)7-10)8-21-13(22)5-6-23-9-15(18,19)20/h3-4,7H,5-6,8-9H2,1-2H3,(H,21,22). The Morgan fingerprint density at radius 1 is 1.22 bits per heavy atom. The molecule has 23 heavy (non-hydrogen) atoms. The van der Waals surface area contributed by atoms with Gasteiger partial charge in [-0.25, -0.2) is 0 Å². The lowest BCUT2D eigenvalue weighted by Crippen LogP contribution is -2.37. The van der Waals surface area contributed by atoms with E-state index in [2.05, 4.69) is 10.1 Å². The molecule has 130 valence electrons. The van der Waals surface area contributed by atoms with Gasteiger partial charge in [-0.05, 0) is 17.7 Å².